The molecule has 0 saturated carbocycles. The Kier molecular flexibility index (Phi) is 1.70. The first-order chi connectivity index (χ1) is 6.31. The van der Waals surface area contributed by atoms with E-state index in [0.29, 0.717) is 5.82 Å². The zero-order valence-electron chi connectivity index (χ0n) is 7.15. The zero-order valence-corrected chi connectivity index (χ0v) is 7.15. The quantitative estimate of drug-likeness (QED) is 0.665. The molecule has 0 atom stereocenters. The van der Waals surface area contributed by atoms with Gasteiger partial charge in [-0.25, -0.2) is 15.0 Å². The molecule has 2 rings (SSSR count). The number of anilines is 2. The number of rotatable bonds is 1. The highest BCUT2D eigenvalue weighted by atomic mass is 15.0. The minimum atomic E-state index is 0.458. The molecule has 13 heavy (non-hydrogen) atoms. The van der Waals surface area contributed by atoms with Crippen LogP contribution in [0.4, 0.5) is 11.6 Å². The topological polar surface area (TPSA) is 76.7 Å². The van der Waals surface area contributed by atoms with Crippen LogP contribution < -0.4 is 11.1 Å². The molecule has 5 heteroatoms. The molecule has 0 spiro atoms. The van der Waals surface area contributed by atoms with Crippen LogP contribution in [0.15, 0.2) is 18.6 Å². The molecule has 66 valence electrons. The SMILES string of the molecule is CNc1cc2ncnc(N)c2cn1. The Morgan fingerprint density at radius 2 is 2.15 bits per heavy atom. The van der Waals surface area contributed by atoms with Gasteiger partial charge in [0.15, 0.2) is 0 Å². The van der Waals surface area contributed by atoms with E-state index < -0.39 is 0 Å². The third kappa shape index (κ3) is 1.24. The molecule has 0 aromatic carbocycles. The molecule has 0 fully saturated rings. The van der Waals surface area contributed by atoms with Crippen LogP contribution in [0, 0.1) is 0 Å². The summed E-state index contributed by atoms with van der Waals surface area (Å²) in [5, 5.41) is 3.71. The van der Waals surface area contributed by atoms with Gasteiger partial charge in [0.25, 0.3) is 0 Å². The summed E-state index contributed by atoms with van der Waals surface area (Å²) < 4.78 is 0. The number of hydrogen-bond acceptors (Lipinski definition) is 5. The van der Waals surface area contributed by atoms with Gasteiger partial charge in [0.05, 0.1) is 10.9 Å². The molecule has 0 aliphatic rings. The second kappa shape index (κ2) is 2.85. The van der Waals surface area contributed by atoms with Crippen molar-refractivity contribution in [3.05, 3.63) is 18.6 Å². The van der Waals surface area contributed by atoms with E-state index in [-0.39, 0.29) is 0 Å². The number of nitrogens with zero attached hydrogens (tertiary/aromatic N) is 3. The van der Waals surface area contributed by atoms with E-state index in [1.807, 2.05) is 6.07 Å². The molecule has 2 heterocycles. The molecule has 3 N–H and O–H groups in total. The molecule has 0 saturated heterocycles. The van der Waals surface area contributed by atoms with Crippen molar-refractivity contribution < 1.29 is 0 Å². The number of nitrogens with one attached hydrogen (secondary N) is 1. The van der Waals surface area contributed by atoms with Crippen LogP contribution in [0.25, 0.3) is 10.9 Å². The minimum absolute atomic E-state index is 0.458. The van der Waals surface area contributed by atoms with Gasteiger partial charge in [0, 0.05) is 19.3 Å². The number of nitrogens with two attached hydrogens (primary N) is 1. The first-order valence-corrected chi connectivity index (χ1v) is 3.85. The van der Waals surface area contributed by atoms with E-state index in [1.165, 1.54) is 6.33 Å². The molecule has 0 unspecified atom stereocenters. The summed E-state index contributed by atoms with van der Waals surface area (Å²) in [6.07, 6.45) is 3.10. The van der Waals surface area contributed by atoms with Crippen molar-refractivity contribution in [2.24, 2.45) is 0 Å². The molecule has 0 aliphatic carbocycles. The van der Waals surface area contributed by atoms with Gasteiger partial charge < -0.3 is 11.1 Å². The van der Waals surface area contributed by atoms with Crippen molar-refractivity contribution >= 4 is 22.5 Å². The van der Waals surface area contributed by atoms with Crippen LogP contribution in [0.2, 0.25) is 0 Å². The lowest BCUT2D eigenvalue weighted by atomic mass is 10.3. The van der Waals surface area contributed by atoms with Crippen molar-refractivity contribution in [1.82, 2.24) is 15.0 Å². The normalized spacial score (nSPS) is 10.2. The third-order valence-electron chi connectivity index (χ3n) is 1.81. The van der Waals surface area contributed by atoms with Gasteiger partial charge in [0.1, 0.15) is 18.0 Å². The van der Waals surface area contributed by atoms with Crippen LogP contribution in [-0.2, 0) is 0 Å². The molecule has 5 nitrogen and oxygen atoms in total. The Morgan fingerprint density at radius 3 is 2.92 bits per heavy atom. The first-order valence-electron chi connectivity index (χ1n) is 3.85. The maximum atomic E-state index is 5.64. The number of hydrogen-bond donors (Lipinski definition) is 2. The lowest BCUT2D eigenvalue weighted by Crippen LogP contribution is -1.96. The fraction of sp³-hybridized carbons (Fsp3) is 0.125. The summed E-state index contributed by atoms with van der Waals surface area (Å²) in [6.45, 7) is 0. The average Bonchev–Trinajstić information content (AvgIpc) is 2.18. The summed E-state index contributed by atoms with van der Waals surface area (Å²) >= 11 is 0. The smallest absolute Gasteiger partial charge is 0.136 e. The maximum absolute atomic E-state index is 5.64. The second-order valence-corrected chi connectivity index (χ2v) is 2.60. The van der Waals surface area contributed by atoms with Crippen LogP contribution in [0.3, 0.4) is 0 Å². The standard InChI is InChI=1S/C8H9N5/c1-10-7-2-6-5(3-11-7)8(9)13-4-12-6/h2-4H,1H3,(H,10,11)(H2,9,12,13). The van der Waals surface area contributed by atoms with Crippen LogP contribution in [0.1, 0.15) is 0 Å². The molecule has 0 bridgehead atoms. The second-order valence-electron chi connectivity index (χ2n) is 2.60. The number of pyridine rings is 1. The first kappa shape index (κ1) is 7.72. The molecular formula is C8H9N5. The molecule has 2 aromatic rings. The van der Waals surface area contributed by atoms with Gasteiger partial charge in [0.2, 0.25) is 0 Å². The molecule has 0 amide bonds. The fourth-order valence-corrected chi connectivity index (χ4v) is 1.11. The number of fused-ring (bicyclic) bond motifs is 1. The van der Waals surface area contributed by atoms with E-state index in [0.717, 1.165) is 16.7 Å². The summed E-state index contributed by atoms with van der Waals surface area (Å²) in [7, 11) is 1.80. The van der Waals surface area contributed by atoms with Gasteiger partial charge in [-0.15, -0.1) is 0 Å². The van der Waals surface area contributed by atoms with Gasteiger partial charge >= 0.3 is 0 Å². The van der Waals surface area contributed by atoms with Crippen molar-refractivity contribution in [1.29, 1.82) is 0 Å². The van der Waals surface area contributed by atoms with Gasteiger partial charge in [-0.3, -0.25) is 0 Å². The monoisotopic (exact) mass is 175 g/mol. The Labute approximate surface area is 75.0 Å². The Bertz CT molecular complexity index is 439. The van der Waals surface area contributed by atoms with Crippen molar-refractivity contribution in [3.8, 4) is 0 Å². The van der Waals surface area contributed by atoms with E-state index in [9.17, 15) is 0 Å². The summed E-state index contributed by atoms with van der Waals surface area (Å²) in [6, 6.07) is 1.83. The molecule has 0 radical (unpaired) electrons. The summed E-state index contributed by atoms with van der Waals surface area (Å²) in [5.74, 6) is 1.23. The van der Waals surface area contributed by atoms with Gasteiger partial charge in [-0.2, -0.15) is 0 Å². The third-order valence-corrected chi connectivity index (χ3v) is 1.81. The number of nitrogen functional groups attached to an aromatic ring is 1. The Hall–Kier alpha value is -1.91. The molecule has 0 aliphatic heterocycles. The minimum Gasteiger partial charge on any atom is -0.383 e. The van der Waals surface area contributed by atoms with E-state index in [1.54, 1.807) is 13.2 Å². The Balaban J connectivity index is 2.72. The molecular weight excluding hydrogens is 166 g/mol. The largest absolute Gasteiger partial charge is 0.383 e. The highest BCUT2D eigenvalue weighted by Crippen LogP contribution is 2.17. The number of aromatic nitrogens is 3. The maximum Gasteiger partial charge on any atom is 0.136 e. The predicted octanol–water partition coefficient (Wildman–Crippen LogP) is 0.649. The van der Waals surface area contributed by atoms with Crippen molar-refractivity contribution in [3.63, 3.8) is 0 Å². The van der Waals surface area contributed by atoms with Gasteiger partial charge in [-0.1, -0.05) is 0 Å². The lowest BCUT2D eigenvalue weighted by molar-refractivity contribution is 1.21. The summed E-state index contributed by atoms with van der Waals surface area (Å²) in [4.78, 5) is 12.1. The van der Waals surface area contributed by atoms with Gasteiger partial charge in [-0.05, 0) is 0 Å². The Morgan fingerprint density at radius 1 is 1.31 bits per heavy atom. The van der Waals surface area contributed by atoms with Crippen LogP contribution >= 0.6 is 0 Å². The van der Waals surface area contributed by atoms with E-state index in [4.69, 9.17) is 5.73 Å². The predicted molar refractivity (Wildman–Crippen MR) is 51.3 cm³/mol. The van der Waals surface area contributed by atoms with Crippen molar-refractivity contribution in [2.75, 3.05) is 18.1 Å². The lowest BCUT2D eigenvalue weighted by Gasteiger charge is -2.01. The van der Waals surface area contributed by atoms with Crippen molar-refractivity contribution in [2.45, 2.75) is 0 Å². The average molecular weight is 175 g/mol. The van der Waals surface area contributed by atoms with E-state index >= 15 is 0 Å². The van der Waals surface area contributed by atoms with E-state index in [2.05, 4.69) is 20.3 Å². The zero-order chi connectivity index (χ0) is 9.26. The van der Waals surface area contributed by atoms with Crippen LogP contribution in [-0.4, -0.2) is 22.0 Å². The highest BCUT2D eigenvalue weighted by Gasteiger charge is 2.00. The fourth-order valence-electron chi connectivity index (χ4n) is 1.11. The van der Waals surface area contributed by atoms with Crippen LogP contribution in [0.5, 0.6) is 0 Å². The summed E-state index contributed by atoms with van der Waals surface area (Å²) in [5.41, 5.74) is 6.43. The highest BCUT2D eigenvalue weighted by molar-refractivity contribution is 5.88. The molecule has 2 aromatic heterocycles.